The largest absolute Gasteiger partial charge is 0.458 e. The first kappa shape index (κ1) is 47.4. The summed E-state index contributed by atoms with van der Waals surface area (Å²) in [7, 11) is 1.66. The number of carbonyl (C=O) groups excluding carboxylic acids is 3. The number of epoxide rings is 1. The van der Waals surface area contributed by atoms with Crippen molar-refractivity contribution < 1.29 is 43.3 Å². The Balaban J connectivity index is 1.08. The Bertz CT molecular complexity index is 2100. The van der Waals surface area contributed by atoms with Crippen LogP contribution in [0.4, 0.5) is 0 Å². The third-order valence-electron chi connectivity index (χ3n) is 16.9. The zero-order chi connectivity index (χ0) is 46.4. The Morgan fingerprint density at radius 2 is 1.64 bits per heavy atom. The van der Waals surface area contributed by atoms with Crippen LogP contribution in [0.25, 0.3) is 6.08 Å². The van der Waals surface area contributed by atoms with Gasteiger partial charge in [0.1, 0.15) is 35.9 Å². The van der Waals surface area contributed by atoms with E-state index in [0.717, 1.165) is 87.3 Å². The number of aliphatic hydroxyl groups is 1. The van der Waals surface area contributed by atoms with Gasteiger partial charge in [0, 0.05) is 39.3 Å². The zero-order valence-electron chi connectivity index (χ0n) is 40.3. The molecule has 7 fully saturated rings. The van der Waals surface area contributed by atoms with E-state index in [0.29, 0.717) is 30.8 Å². The van der Waals surface area contributed by atoms with Crippen molar-refractivity contribution in [2.75, 3.05) is 20.2 Å². The maximum atomic E-state index is 15.9. The van der Waals surface area contributed by atoms with Crippen molar-refractivity contribution in [2.24, 2.45) is 22.7 Å². The second-order valence-electron chi connectivity index (χ2n) is 21.7. The van der Waals surface area contributed by atoms with Gasteiger partial charge in [0.25, 0.3) is 0 Å². The molecule has 9 rings (SSSR count). The average Bonchev–Trinajstić information content (AvgIpc) is 3.58. The van der Waals surface area contributed by atoms with Gasteiger partial charge in [-0.15, -0.1) is 0 Å². The van der Waals surface area contributed by atoms with E-state index >= 15 is 4.79 Å². The standard InChI is InChI=1S/C54H75N3O9/c1-7-9-16-25-53(26-17-10-8-2)64-44-42-33-54(50(61)56(6)41(48(59)55-28-29-58)30-35-18-12-11-13-19-35)46(49(60)62-42)57(66-47(54)45(44)65-53)34-38-21-15-14-20-36(38)31-37-22-23-43-52(5,63-43)27-24-40-39(37)32-51(40,3)4/h11-15,18-21,31,39-47,58H,7-10,16-17,22-30,32-34H2,1-6H3,(H,55,59)/t39-,40-,41-,42?,43?,44+,45+,46+,47-,52-,54?/m1/s1. The van der Waals surface area contributed by atoms with Crippen molar-refractivity contribution in [1.29, 1.82) is 0 Å². The number of esters is 1. The molecule has 4 heterocycles. The van der Waals surface area contributed by atoms with Crippen LogP contribution in [0.1, 0.15) is 141 Å². The summed E-state index contributed by atoms with van der Waals surface area (Å²) >= 11 is 0. The number of nitrogens with zero attached hydrogens (tertiary/aromatic N) is 2. The van der Waals surface area contributed by atoms with Crippen molar-refractivity contribution in [2.45, 2.75) is 191 Å². The average molecular weight is 910 g/mol. The Kier molecular flexibility index (Phi) is 13.7. The molecule has 2 bridgehead atoms. The summed E-state index contributed by atoms with van der Waals surface area (Å²) in [5, 5.41) is 14.2. The van der Waals surface area contributed by atoms with Crippen LogP contribution in [-0.4, -0.2) is 107 Å². The van der Waals surface area contributed by atoms with E-state index < -0.39 is 53.7 Å². The summed E-state index contributed by atoms with van der Waals surface area (Å²) in [6, 6.07) is 15.9. The molecule has 3 unspecified atom stereocenters. The van der Waals surface area contributed by atoms with E-state index in [1.165, 1.54) is 10.5 Å². The minimum Gasteiger partial charge on any atom is -0.458 e. The molecule has 2 aromatic rings. The molecule has 3 aliphatic carbocycles. The maximum absolute atomic E-state index is 15.9. The Labute approximate surface area is 392 Å². The molecule has 4 saturated heterocycles. The highest BCUT2D eigenvalue weighted by Crippen LogP contribution is 2.61. The smallest absolute Gasteiger partial charge is 0.327 e. The van der Waals surface area contributed by atoms with Gasteiger partial charge in [-0.05, 0) is 85.8 Å². The summed E-state index contributed by atoms with van der Waals surface area (Å²) < 4.78 is 27.0. The molecular weight excluding hydrogens is 835 g/mol. The zero-order valence-corrected chi connectivity index (χ0v) is 40.3. The van der Waals surface area contributed by atoms with Crippen LogP contribution in [0.2, 0.25) is 0 Å². The highest BCUT2D eigenvalue weighted by atomic mass is 16.8. The van der Waals surface area contributed by atoms with Gasteiger partial charge < -0.3 is 34.3 Å². The van der Waals surface area contributed by atoms with Gasteiger partial charge in [-0.25, -0.2) is 0 Å². The lowest BCUT2D eigenvalue weighted by Crippen LogP contribution is -2.70. The van der Waals surface area contributed by atoms with E-state index in [9.17, 15) is 14.7 Å². The van der Waals surface area contributed by atoms with Crippen molar-refractivity contribution in [1.82, 2.24) is 15.3 Å². The monoisotopic (exact) mass is 910 g/mol. The number of benzene rings is 2. The van der Waals surface area contributed by atoms with E-state index in [1.54, 1.807) is 12.1 Å². The molecular formula is C54H75N3O9. The first-order valence-corrected chi connectivity index (χ1v) is 25.4. The third kappa shape index (κ3) is 8.81. The third-order valence-corrected chi connectivity index (χ3v) is 16.9. The molecule has 11 atom stereocenters. The fourth-order valence-corrected chi connectivity index (χ4v) is 13.1. The van der Waals surface area contributed by atoms with Crippen LogP contribution < -0.4 is 5.32 Å². The Hall–Kier alpha value is -3.65. The minimum absolute atomic E-state index is 0.00886. The SMILES string of the molecule is CCCCCC1(CCCCC)O[C@@H]2[C@H]3ON(Cc4ccccc4C=C4CCC5O[C@]5(C)CC[C@@H]5[C@@H]4CC5(C)C)[C@H]4C(=O)OC(CC34C(=O)N(C)[C@H](Cc3ccccc3)C(=O)NCCO)[C@@H]2O1. The van der Waals surface area contributed by atoms with Crippen LogP contribution in [0.3, 0.4) is 0 Å². The molecule has 2 amide bonds. The Morgan fingerprint density at radius 3 is 2.35 bits per heavy atom. The van der Waals surface area contributed by atoms with Gasteiger partial charge in [-0.3, -0.25) is 19.2 Å². The lowest BCUT2D eigenvalue weighted by atomic mass is 9.52. The lowest BCUT2D eigenvalue weighted by Gasteiger charge is -2.53. The number of hydrogen-bond acceptors (Lipinski definition) is 10. The number of hydroxylamine groups is 2. The number of rotatable bonds is 18. The van der Waals surface area contributed by atoms with E-state index in [1.807, 2.05) is 36.4 Å². The van der Waals surface area contributed by atoms with Crippen molar-refractivity contribution in [3.05, 3.63) is 76.9 Å². The number of likely N-dealkylation sites (N-methyl/N-ethyl adjacent to an activating group) is 1. The lowest BCUT2D eigenvalue weighted by molar-refractivity contribution is -0.225. The van der Waals surface area contributed by atoms with Gasteiger partial charge in [-0.2, -0.15) is 5.06 Å². The molecule has 3 saturated carbocycles. The number of unbranched alkanes of at least 4 members (excludes halogenated alkanes) is 4. The second kappa shape index (κ2) is 19.0. The van der Waals surface area contributed by atoms with Crippen LogP contribution in [0.5, 0.6) is 0 Å². The molecule has 0 radical (unpaired) electrons. The number of amides is 2. The molecule has 0 spiro atoms. The highest BCUT2D eigenvalue weighted by molar-refractivity contribution is 5.96. The number of nitrogens with one attached hydrogen (secondary N) is 1. The topological polar surface area (TPSA) is 139 Å². The summed E-state index contributed by atoms with van der Waals surface area (Å²) in [5.41, 5.74) is 3.19. The first-order chi connectivity index (χ1) is 31.8. The molecule has 12 nitrogen and oxygen atoms in total. The summed E-state index contributed by atoms with van der Waals surface area (Å²) in [5.74, 6) is -1.10. The number of hydrogen-bond donors (Lipinski definition) is 2. The highest BCUT2D eigenvalue weighted by Gasteiger charge is 2.77. The van der Waals surface area contributed by atoms with Crippen molar-refractivity contribution in [3.8, 4) is 0 Å². The van der Waals surface area contributed by atoms with Gasteiger partial charge in [0.05, 0.1) is 24.9 Å². The summed E-state index contributed by atoms with van der Waals surface area (Å²) in [4.78, 5) is 53.5. The fourth-order valence-electron chi connectivity index (χ4n) is 13.1. The van der Waals surface area contributed by atoms with Gasteiger partial charge >= 0.3 is 5.97 Å². The maximum Gasteiger partial charge on any atom is 0.327 e. The quantitative estimate of drug-likeness (QED) is 0.0858. The van der Waals surface area contributed by atoms with Crippen LogP contribution in [0, 0.1) is 22.7 Å². The first-order valence-electron chi connectivity index (χ1n) is 25.4. The number of fused-ring (bicyclic) bond motifs is 6. The van der Waals surface area contributed by atoms with Crippen LogP contribution >= 0.6 is 0 Å². The molecule has 4 aliphatic heterocycles. The van der Waals surface area contributed by atoms with E-state index in [4.69, 9.17) is 23.8 Å². The van der Waals surface area contributed by atoms with Crippen molar-refractivity contribution in [3.63, 3.8) is 0 Å². The van der Waals surface area contributed by atoms with Crippen LogP contribution in [0.15, 0.2) is 60.2 Å². The second-order valence-corrected chi connectivity index (χ2v) is 21.7. The van der Waals surface area contributed by atoms with Gasteiger partial charge in [0.15, 0.2) is 11.8 Å². The predicted octanol–water partition coefficient (Wildman–Crippen LogP) is 8.08. The fraction of sp³-hybridized carbons (Fsp3) is 0.685. The van der Waals surface area contributed by atoms with E-state index in [-0.39, 0.29) is 55.4 Å². The van der Waals surface area contributed by atoms with Gasteiger partial charge in [-0.1, -0.05) is 120 Å². The molecule has 12 heteroatoms. The molecule has 2 N–H and O–H groups in total. The summed E-state index contributed by atoms with van der Waals surface area (Å²) in [6.45, 7) is 11.5. The van der Waals surface area contributed by atoms with Crippen LogP contribution in [-0.2, 0) is 51.1 Å². The molecule has 2 aromatic carbocycles. The minimum atomic E-state index is -1.46. The summed E-state index contributed by atoms with van der Waals surface area (Å²) in [6.07, 6.45) is 12.9. The number of ether oxygens (including phenoxy) is 4. The molecule has 66 heavy (non-hydrogen) atoms. The normalized spacial score (nSPS) is 34.7. The van der Waals surface area contributed by atoms with E-state index in [2.05, 4.69) is 64.2 Å². The van der Waals surface area contributed by atoms with Gasteiger partial charge in [0.2, 0.25) is 11.8 Å². The molecule has 360 valence electrons. The van der Waals surface area contributed by atoms with Crippen molar-refractivity contribution >= 4 is 23.9 Å². The number of aliphatic hydroxyl groups excluding tert-OH is 1. The number of allylic oxidation sites excluding steroid dienone is 1. The molecule has 0 aromatic heterocycles. The Morgan fingerprint density at radius 1 is 0.924 bits per heavy atom. The molecule has 7 aliphatic rings. The number of carbonyl (C=O) groups is 3. The predicted molar refractivity (Wildman–Crippen MR) is 250 cm³/mol.